The summed E-state index contributed by atoms with van der Waals surface area (Å²) in [4.78, 5) is 26.4. The topological polar surface area (TPSA) is 175 Å². The lowest BCUT2D eigenvalue weighted by molar-refractivity contribution is -0.305. The van der Waals surface area contributed by atoms with Gasteiger partial charge in [-0.3, -0.25) is 9.59 Å². The maximum Gasteiger partial charge on any atom is 0.306 e. The van der Waals surface area contributed by atoms with Gasteiger partial charge in [0.15, 0.2) is 12.4 Å². The minimum Gasteiger partial charge on any atom is -0.454 e. The molecule has 1 saturated heterocycles. The summed E-state index contributed by atoms with van der Waals surface area (Å²) in [5.74, 6) is -1.23. The van der Waals surface area contributed by atoms with E-state index in [1.807, 2.05) is 6.08 Å². The number of allylic oxidation sites excluding steroid dienone is 11. The van der Waals surface area contributed by atoms with Gasteiger partial charge in [-0.25, -0.2) is 0 Å². The maximum atomic E-state index is 13.4. The number of hydrogen-bond donors (Lipinski definition) is 6. The Morgan fingerprint density at radius 3 is 1.54 bits per heavy atom. The third-order valence-electron chi connectivity index (χ3n) is 12.9. The number of amides is 1. The molecule has 70 heavy (non-hydrogen) atoms. The number of nitrogens with one attached hydrogen (secondary N) is 1. The van der Waals surface area contributed by atoms with Gasteiger partial charge in [0, 0.05) is 6.42 Å². The van der Waals surface area contributed by atoms with Crippen LogP contribution in [0.4, 0.5) is 0 Å². The van der Waals surface area contributed by atoms with Crippen LogP contribution in [0.15, 0.2) is 72.9 Å². The van der Waals surface area contributed by atoms with E-state index >= 15 is 0 Å². The van der Waals surface area contributed by atoms with Gasteiger partial charge in [0.25, 0.3) is 0 Å². The van der Waals surface area contributed by atoms with Crippen molar-refractivity contribution in [3.05, 3.63) is 72.9 Å². The van der Waals surface area contributed by atoms with E-state index in [0.717, 1.165) is 83.5 Å². The summed E-state index contributed by atoms with van der Waals surface area (Å²) in [6, 6.07) is -1.04. The molecule has 0 aliphatic carbocycles. The smallest absolute Gasteiger partial charge is 0.306 e. The highest BCUT2D eigenvalue weighted by Gasteiger charge is 2.47. The zero-order valence-electron chi connectivity index (χ0n) is 44.4. The Morgan fingerprint density at radius 1 is 0.571 bits per heavy atom. The predicted molar refractivity (Wildman–Crippen MR) is 287 cm³/mol. The molecule has 0 radical (unpaired) electrons. The molecule has 0 aromatic carbocycles. The first kappa shape index (κ1) is 65.1. The molecule has 404 valence electrons. The van der Waals surface area contributed by atoms with Crippen molar-refractivity contribution in [2.24, 2.45) is 0 Å². The summed E-state index contributed by atoms with van der Waals surface area (Å²) in [6.45, 7) is 5.62. The Hall–Kier alpha value is -2.90. The number of aliphatic hydroxyl groups is 5. The van der Waals surface area contributed by atoms with Crippen molar-refractivity contribution in [2.45, 2.75) is 275 Å². The molecular formula is C59H103NO10. The molecule has 6 N–H and O–H groups in total. The van der Waals surface area contributed by atoms with Crippen molar-refractivity contribution in [3.8, 4) is 0 Å². The second-order valence-electron chi connectivity index (χ2n) is 19.3. The van der Waals surface area contributed by atoms with Crippen LogP contribution >= 0.6 is 0 Å². The van der Waals surface area contributed by atoms with Gasteiger partial charge in [-0.05, 0) is 70.6 Å². The van der Waals surface area contributed by atoms with Crippen LogP contribution in [0, 0.1) is 0 Å². The fourth-order valence-corrected chi connectivity index (χ4v) is 8.38. The fourth-order valence-electron chi connectivity index (χ4n) is 8.38. The number of carbonyl (C=O) groups is 2. The molecule has 11 heteroatoms. The second-order valence-corrected chi connectivity index (χ2v) is 19.3. The molecule has 0 aromatic heterocycles. The van der Waals surface area contributed by atoms with Gasteiger partial charge in [-0.1, -0.05) is 222 Å². The van der Waals surface area contributed by atoms with Gasteiger partial charge in [-0.2, -0.15) is 0 Å². The van der Waals surface area contributed by atoms with Crippen molar-refractivity contribution in [3.63, 3.8) is 0 Å². The molecule has 0 spiro atoms. The molecular weight excluding hydrogens is 883 g/mol. The summed E-state index contributed by atoms with van der Waals surface area (Å²) in [7, 11) is 0. The van der Waals surface area contributed by atoms with E-state index in [-0.39, 0.29) is 19.4 Å². The van der Waals surface area contributed by atoms with Gasteiger partial charge < -0.3 is 45.1 Å². The molecule has 1 aliphatic heterocycles. The molecule has 1 heterocycles. The average molecular weight is 986 g/mol. The Morgan fingerprint density at radius 2 is 1.03 bits per heavy atom. The van der Waals surface area contributed by atoms with Crippen molar-refractivity contribution in [1.82, 2.24) is 5.32 Å². The first-order valence-corrected chi connectivity index (χ1v) is 28.2. The van der Waals surface area contributed by atoms with Crippen LogP contribution in [-0.4, -0.2) is 99.6 Å². The fraction of sp³-hybridized carbons (Fsp3) is 0.763. The SMILES string of the molecule is CC/C=C\C/C=C\C/C=C\C/C=C\C/C=C\CCCCC(O)C(=O)NC(COC1OC(CO)C(O)C(O)C1OC(=O)CCCCCCCCCCCCC)C(O)/C=C/CCCCCCCCCCCC. The minimum atomic E-state index is -1.62. The van der Waals surface area contributed by atoms with E-state index in [0.29, 0.717) is 12.8 Å². The molecule has 1 amide bonds. The normalized spacial score (nSPS) is 20.3. The van der Waals surface area contributed by atoms with Crippen LogP contribution < -0.4 is 5.32 Å². The Balaban J connectivity index is 2.77. The van der Waals surface area contributed by atoms with Crippen molar-refractivity contribution < 1.29 is 49.3 Å². The number of unbranched alkanes of at least 4 members (excludes halogenated alkanes) is 22. The molecule has 0 bridgehead atoms. The monoisotopic (exact) mass is 986 g/mol. The molecule has 0 saturated carbocycles. The summed E-state index contributed by atoms with van der Waals surface area (Å²) >= 11 is 0. The Bertz CT molecular complexity index is 1410. The summed E-state index contributed by atoms with van der Waals surface area (Å²) in [5, 5.41) is 56.7. The number of rotatable bonds is 46. The zero-order valence-corrected chi connectivity index (χ0v) is 44.4. The summed E-state index contributed by atoms with van der Waals surface area (Å²) in [6.07, 6.45) is 48.1. The van der Waals surface area contributed by atoms with E-state index in [2.05, 4.69) is 86.8 Å². The highest BCUT2D eigenvalue weighted by atomic mass is 16.7. The first-order chi connectivity index (χ1) is 34.2. The van der Waals surface area contributed by atoms with Crippen LogP contribution in [0.25, 0.3) is 0 Å². The van der Waals surface area contributed by atoms with Gasteiger partial charge in [0.1, 0.15) is 24.4 Å². The Kier molecular flexibility index (Phi) is 43.8. The largest absolute Gasteiger partial charge is 0.454 e. The third kappa shape index (κ3) is 35.3. The number of esters is 1. The predicted octanol–water partition coefficient (Wildman–Crippen LogP) is 12.4. The molecule has 1 fully saturated rings. The second kappa shape index (κ2) is 47.1. The van der Waals surface area contributed by atoms with Crippen molar-refractivity contribution in [1.29, 1.82) is 0 Å². The number of aliphatic hydroxyl groups excluding tert-OH is 5. The van der Waals surface area contributed by atoms with Crippen LogP contribution in [0.1, 0.15) is 226 Å². The van der Waals surface area contributed by atoms with E-state index in [4.69, 9.17) is 14.2 Å². The van der Waals surface area contributed by atoms with E-state index in [9.17, 15) is 35.1 Å². The maximum absolute atomic E-state index is 13.4. The van der Waals surface area contributed by atoms with Gasteiger partial charge >= 0.3 is 5.97 Å². The van der Waals surface area contributed by atoms with E-state index in [1.165, 1.54) is 96.3 Å². The summed E-state index contributed by atoms with van der Waals surface area (Å²) < 4.78 is 17.5. The molecule has 8 unspecified atom stereocenters. The van der Waals surface area contributed by atoms with Crippen LogP contribution in [-0.2, 0) is 23.8 Å². The van der Waals surface area contributed by atoms with Crippen LogP contribution in [0.5, 0.6) is 0 Å². The number of ether oxygens (including phenoxy) is 3. The van der Waals surface area contributed by atoms with Gasteiger partial charge in [0.2, 0.25) is 5.91 Å². The van der Waals surface area contributed by atoms with E-state index < -0.39 is 67.4 Å². The van der Waals surface area contributed by atoms with E-state index in [1.54, 1.807) is 6.08 Å². The van der Waals surface area contributed by atoms with Gasteiger partial charge in [-0.15, -0.1) is 0 Å². The quantitative estimate of drug-likeness (QED) is 0.0196. The standard InChI is InChI=1S/C59H103NO10/c1-4-7-10-13-16-19-22-24-25-26-27-28-29-32-34-37-40-43-46-52(63)58(67)60-50(51(62)45-42-39-36-33-31-23-20-17-14-11-8-5-2)49-68-59-57(56(66)55(65)53(48-61)69-59)70-54(64)47-44-41-38-35-30-21-18-15-12-9-6-3/h7,10,16,19,24-25,27-28,32,34,42,45,50-53,55-57,59,61-63,65-66H,4-6,8-9,11-15,17-18,20-23,26,29-31,33,35-41,43-44,46-49H2,1-3H3,(H,60,67)/b10-7-,19-16-,25-24-,28-27-,34-32-,45-42+. The lowest BCUT2D eigenvalue weighted by atomic mass is 9.99. The zero-order chi connectivity index (χ0) is 51.1. The lowest BCUT2D eigenvalue weighted by Gasteiger charge is -2.41. The van der Waals surface area contributed by atoms with Gasteiger partial charge in [0.05, 0.1) is 25.4 Å². The number of hydrogen-bond acceptors (Lipinski definition) is 10. The highest BCUT2D eigenvalue weighted by molar-refractivity contribution is 5.80. The Labute approximate surface area is 426 Å². The lowest BCUT2D eigenvalue weighted by Crippen LogP contribution is -2.61. The minimum absolute atomic E-state index is 0.119. The highest BCUT2D eigenvalue weighted by Crippen LogP contribution is 2.26. The molecule has 11 nitrogen and oxygen atoms in total. The third-order valence-corrected chi connectivity index (χ3v) is 12.9. The molecule has 0 aromatic rings. The first-order valence-electron chi connectivity index (χ1n) is 28.2. The molecule has 8 atom stereocenters. The van der Waals surface area contributed by atoms with Crippen LogP contribution in [0.2, 0.25) is 0 Å². The number of carbonyl (C=O) groups excluding carboxylic acids is 2. The summed E-state index contributed by atoms with van der Waals surface area (Å²) in [5.41, 5.74) is 0. The van der Waals surface area contributed by atoms with Crippen molar-refractivity contribution >= 4 is 11.9 Å². The van der Waals surface area contributed by atoms with Crippen molar-refractivity contribution in [2.75, 3.05) is 13.2 Å². The molecule has 1 aliphatic rings. The average Bonchev–Trinajstić information content (AvgIpc) is 3.36. The van der Waals surface area contributed by atoms with Crippen LogP contribution in [0.3, 0.4) is 0 Å². The molecule has 1 rings (SSSR count).